The average molecular weight is 599 g/mol. The Hall–Kier alpha value is -2.46. The van der Waals surface area contributed by atoms with Gasteiger partial charge in [-0.2, -0.15) is 5.01 Å². The first-order valence-corrected chi connectivity index (χ1v) is 12.9. The Labute approximate surface area is 236 Å². The number of nitrogens with zero attached hydrogens (tertiary/aromatic N) is 1. The first kappa shape index (κ1) is 26.6. The smallest absolute Gasteiger partial charge is 0.338 e. The lowest BCUT2D eigenvalue weighted by Crippen LogP contribution is -2.46. The summed E-state index contributed by atoms with van der Waals surface area (Å²) < 4.78 is 6.10. The van der Waals surface area contributed by atoms with Crippen molar-refractivity contribution in [3.05, 3.63) is 96.8 Å². The summed E-state index contributed by atoms with van der Waals surface area (Å²) in [6.07, 6.45) is 1.61. The largest absolute Gasteiger partial charge is 0.488 e. The van der Waals surface area contributed by atoms with Crippen molar-refractivity contribution in [2.45, 2.75) is 6.61 Å². The molecule has 36 heavy (non-hydrogen) atoms. The third-order valence-electron chi connectivity index (χ3n) is 4.73. The number of hydrogen-bond acceptors (Lipinski definition) is 5. The molecule has 1 aliphatic heterocycles. The van der Waals surface area contributed by atoms with Crippen molar-refractivity contribution in [2.24, 2.45) is 0 Å². The number of ether oxygens (including phenoxy) is 1. The van der Waals surface area contributed by atoms with Gasteiger partial charge in [0.1, 0.15) is 12.4 Å². The predicted octanol–water partition coefficient (Wildman–Crippen LogP) is 7.82. The Balaban J connectivity index is 1.48. The van der Waals surface area contributed by atoms with Crippen molar-refractivity contribution < 1.29 is 14.3 Å². The minimum Gasteiger partial charge on any atom is -0.488 e. The normalized spacial score (nSPS) is 14.3. The van der Waals surface area contributed by atoms with Crippen molar-refractivity contribution in [1.29, 1.82) is 0 Å². The van der Waals surface area contributed by atoms with Crippen LogP contribution in [-0.2, 0) is 11.4 Å². The standard InChI is InChI=1S/C24H15Cl4N3O3S2/c25-15-3-1-2-13(8-15)12-34-20-7-4-16(26)9-14(20)10-21-22(32)31(24(35)36-21)30-23(33)29-17-5-6-18(27)19(28)11-17/h1-11H,12H2,(H2,29,30,33)/b21-10+. The highest BCUT2D eigenvalue weighted by Crippen LogP contribution is 2.34. The number of amides is 3. The highest BCUT2D eigenvalue weighted by molar-refractivity contribution is 8.26. The molecule has 0 unspecified atom stereocenters. The van der Waals surface area contributed by atoms with Gasteiger partial charge in [-0.15, -0.1) is 0 Å². The molecular weight excluding hydrogens is 584 g/mol. The number of rotatable bonds is 6. The lowest BCUT2D eigenvalue weighted by Gasteiger charge is -2.16. The molecule has 12 heteroatoms. The third kappa shape index (κ3) is 6.64. The number of benzene rings is 3. The second-order valence-electron chi connectivity index (χ2n) is 7.31. The summed E-state index contributed by atoms with van der Waals surface area (Å²) in [5.74, 6) is 0.00465. The fourth-order valence-electron chi connectivity index (χ4n) is 3.09. The fourth-order valence-corrected chi connectivity index (χ4v) is 4.95. The fraction of sp³-hybridized carbons (Fsp3) is 0.0417. The zero-order valence-electron chi connectivity index (χ0n) is 18.1. The molecule has 0 spiro atoms. The van der Waals surface area contributed by atoms with E-state index in [1.807, 2.05) is 12.1 Å². The molecule has 0 radical (unpaired) electrons. The van der Waals surface area contributed by atoms with E-state index in [1.165, 1.54) is 6.07 Å². The number of nitrogens with one attached hydrogen (secondary N) is 2. The van der Waals surface area contributed by atoms with E-state index in [2.05, 4.69) is 10.7 Å². The SMILES string of the molecule is O=C(Nc1ccc(Cl)c(Cl)c1)NN1C(=O)/C(=C\c2cc(Cl)ccc2OCc2cccc(Cl)c2)SC1=S. The van der Waals surface area contributed by atoms with Crippen LogP contribution in [0.1, 0.15) is 11.1 Å². The molecule has 184 valence electrons. The number of hydrazine groups is 1. The molecule has 0 aromatic heterocycles. The van der Waals surface area contributed by atoms with Gasteiger partial charge in [-0.25, -0.2) is 10.2 Å². The molecule has 3 aromatic carbocycles. The zero-order chi connectivity index (χ0) is 25.8. The number of halogens is 4. The van der Waals surface area contributed by atoms with Crippen molar-refractivity contribution >= 4 is 98.4 Å². The molecule has 1 saturated heterocycles. The number of thioether (sulfide) groups is 1. The van der Waals surface area contributed by atoms with Crippen molar-refractivity contribution in [2.75, 3.05) is 5.32 Å². The van der Waals surface area contributed by atoms with Gasteiger partial charge in [0.2, 0.25) is 0 Å². The van der Waals surface area contributed by atoms with Crippen LogP contribution in [0, 0.1) is 0 Å². The highest BCUT2D eigenvalue weighted by atomic mass is 35.5. The van der Waals surface area contributed by atoms with E-state index in [0.29, 0.717) is 32.1 Å². The average Bonchev–Trinajstić information content (AvgIpc) is 3.08. The Morgan fingerprint density at radius 3 is 2.53 bits per heavy atom. The van der Waals surface area contributed by atoms with Crippen LogP contribution in [0.5, 0.6) is 5.75 Å². The third-order valence-corrected chi connectivity index (χ3v) is 7.24. The number of thiocarbonyl (C=S) groups is 1. The molecule has 3 amide bonds. The van der Waals surface area contributed by atoms with Gasteiger partial charge in [0.15, 0.2) is 4.32 Å². The maximum atomic E-state index is 13.0. The Morgan fingerprint density at radius 2 is 1.78 bits per heavy atom. The van der Waals surface area contributed by atoms with Crippen LogP contribution < -0.4 is 15.5 Å². The van der Waals surface area contributed by atoms with Crippen LogP contribution >= 0.6 is 70.4 Å². The van der Waals surface area contributed by atoms with E-state index >= 15 is 0 Å². The molecule has 1 aliphatic rings. The van der Waals surface area contributed by atoms with Gasteiger partial charge in [0.25, 0.3) is 5.91 Å². The van der Waals surface area contributed by atoms with Crippen LogP contribution in [0.4, 0.5) is 10.5 Å². The van der Waals surface area contributed by atoms with E-state index in [4.69, 9.17) is 63.4 Å². The number of carbonyl (C=O) groups is 2. The van der Waals surface area contributed by atoms with E-state index in [9.17, 15) is 9.59 Å². The lowest BCUT2D eigenvalue weighted by molar-refractivity contribution is -0.123. The van der Waals surface area contributed by atoms with Crippen molar-refractivity contribution in [1.82, 2.24) is 10.4 Å². The maximum Gasteiger partial charge on any atom is 0.338 e. The Kier molecular flexibility index (Phi) is 8.66. The summed E-state index contributed by atoms with van der Waals surface area (Å²) in [7, 11) is 0. The molecule has 2 N–H and O–H groups in total. The quantitative estimate of drug-likeness (QED) is 0.224. The van der Waals surface area contributed by atoms with Gasteiger partial charge in [-0.1, -0.05) is 70.3 Å². The minimum absolute atomic E-state index is 0.152. The molecule has 3 aromatic rings. The first-order valence-electron chi connectivity index (χ1n) is 10.2. The highest BCUT2D eigenvalue weighted by Gasteiger charge is 2.34. The molecule has 0 atom stereocenters. The number of carbonyl (C=O) groups excluding carboxylic acids is 2. The van der Waals surface area contributed by atoms with E-state index in [0.717, 1.165) is 22.3 Å². The summed E-state index contributed by atoms with van der Waals surface area (Å²) in [4.78, 5) is 25.7. The van der Waals surface area contributed by atoms with E-state index in [1.54, 1.807) is 48.5 Å². The number of anilines is 1. The Morgan fingerprint density at radius 1 is 1.00 bits per heavy atom. The van der Waals surface area contributed by atoms with Crippen LogP contribution in [-0.4, -0.2) is 21.3 Å². The number of urea groups is 1. The second kappa shape index (κ2) is 11.7. The molecule has 1 heterocycles. The van der Waals surface area contributed by atoms with Crippen LogP contribution in [0.25, 0.3) is 6.08 Å². The second-order valence-corrected chi connectivity index (χ2v) is 10.7. The topological polar surface area (TPSA) is 70.7 Å². The van der Waals surface area contributed by atoms with Gasteiger partial charge in [0, 0.05) is 21.3 Å². The van der Waals surface area contributed by atoms with Crippen molar-refractivity contribution in [3.63, 3.8) is 0 Å². The van der Waals surface area contributed by atoms with Gasteiger partial charge in [-0.3, -0.25) is 4.79 Å². The molecule has 6 nitrogen and oxygen atoms in total. The van der Waals surface area contributed by atoms with Crippen LogP contribution in [0.2, 0.25) is 20.1 Å². The summed E-state index contributed by atoms with van der Waals surface area (Å²) >= 11 is 30.4. The van der Waals surface area contributed by atoms with Crippen LogP contribution in [0.3, 0.4) is 0 Å². The molecule has 0 bridgehead atoms. The zero-order valence-corrected chi connectivity index (χ0v) is 22.7. The van der Waals surface area contributed by atoms with Gasteiger partial charge >= 0.3 is 6.03 Å². The van der Waals surface area contributed by atoms with Gasteiger partial charge in [-0.05, 0) is 72.4 Å². The summed E-state index contributed by atoms with van der Waals surface area (Å²) in [6, 6.07) is 16.3. The maximum absolute atomic E-state index is 13.0. The lowest BCUT2D eigenvalue weighted by atomic mass is 10.1. The molecular formula is C24H15Cl4N3O3S2. The monoisotopic (exact) mass is 597 g/mol. The number of hydrogen-bond donors (Lipinski definition) is 2. The van der Waals surface area contributed by atoms with Gasteiger partial charge < -0.3 is 10.1 Å². The Bertz CT molecular complexity index is 1400. The van der Waals surface area contributed by atoms with Crippen molar-refractivity contribution in [3.8, 4) is 5.75 Å². The molecule has 4 rings (SSSR count). The molecule has 0 saturated carbocycles. The van der Waals surface area contributed by atoms with Crippen LogP contribution in [0.15, 0.2) is 65.6 Å². The van der Waals surface area contributed by atoms with E-state index in [-0.39, 0.29) is 20.9 Å². The predicted molar refractivity (Wildman–Crippen MR) is 151 cm³/mol. The summed E-state index contributed by atoms with van der Waals surface area (Å²) in [6.45, 7) is 0.264. The van der Waals surface area contributed by atoms with Gasteiger partial charge in [0.05, 0.1) is 15.0 Å². The first-order chi connectivity index (χ1) is 17.2. The molecule has 0 aliphatic carbocycles. The minimum atomic E-state index is -0.681. The summed E-state index contributed by atoms with van der Waals surface area (Å²) in [5.41, 5.74) is 4.29. The summed E-state index contributed by atoms with van der Waals surface area (Å²) in [5, 5.41) is 5.25. The van der Waals surface area contributed by atoms with E-state index < -0.39 is 11.9 Å². The molecule has 1 fully saturated rings.